The van der Waals surface area contributed by atoms with Gasteiger partial charge in [-0.05, 0) is 41.5 Å². The summed E-state index contributed by atoms with van der Waals surface area (Å²) in [5.41, 5.74) is 1.37. The number of halogens is 1. The second kappa shape index (κ2) is 9.43. The molecule has 0 aliphatic carbocycles. The van der Waals surface area contributed by atoms with Crippen molar-refractivity contribution in [3.63, 3.8) is 0 Å². The van der Waals surface area contributed by atoms with Gasteiger partial charge in [0, 0.05) is 25.7 Å². The van der Waals surface area contributed by atoms with E-state index in [1.165, 1.54) is 40.7 Å². The van der Waals surface area contributed by atoms with Gasteiger partial charge in [-0.1, -0.05) is 38.1 Å². The van der Waals surface area contributed by atoms with Crippen LogP contribution in [0.1, 0.15) is 25.0 Å². The topological polar surface area (TPSA) is 66.5 Å². The van der Waals surface area contributed by atoms with Crippen LogP contribution in [0.4, 0.5) is 4.39 Å². The summed E-state index contributed by atoms with van der Waals surface area (Å²) in [5.74, 6) is -0.684. The number of sulfonamides is 1. The standard InChI is InChI=1S/C20H23FN2O3S/c1-3-23(4-2)27(25,26)19-11-8-17(9-12-19)15-22-20(24)13-10-16-6-5-7-18(21)14-16/h5-14H,3-4,15H2,1-2H3,(H,22,24)/b13-10+. The fourth-order valence-corrected chi connectivity index (χ4v) is 3.98. The van der Waals surface area contributed by atoms with E-state index in [-0.39, 0.29) is 23.2 Å². The third kappa shape index (κ3) is 5.74. The maximum atomic E-state index is 13.1. The quantitative estimate of drug-likeness (QED) is 0.704. The summed E-state index contributed by atoms with van der Waals surface area (Å²) in [4.78, 5) is 12.1. The molecule has 0 saturated heterocycles. The summed E-state index contributed by atoms with van der Waals surface area (Å²) in [6, 6.07) is 12.4. The van der Waals surface area contributed by atoms with Gasteiger partial charge in [0.05, 0.1) is 4.90 Å². The van der Waals surface area contributed by atoms with Gasteiger partial charge in [0.1, 0.15) is 5.82 Å². The van der Waals surface area contributed by atoms with Crippen molar-refractivity contribution in [3.8, 4) is 0 Å². The van der Waals surface area contributed by atoms with Crippen molar-refractivity contribution in [2.24, 2.45) is 0 Å². The summed E-state index contributed by atoms with van der Waals surface area (Å²) in [6.07, 6.45) is 2.85. The molecule has 7 heteroatoms. The minimum absolute atomic E-state index is 0.229. The van der Waals surface area contributed by atoms with Crippen molar-refractivity contribution >= 4 is 22.0 Å². The van der Waals surface area contributed by atoms with Crippen molar-refractivity contribution in [2.75, 3.05) is 13.1 Å². The third-order valence-corrected chi connectivity index (χ3v) is 6.07. The van der Waals surface area contributed by atoms with Crippen LogP contribution >= 0.6 is 0 Å². The maximum absolute atomic E-state index is 13.1. The highest BCUT2D eigenvalue weighted by Gasteiger charge is 2.21. The maximum Gasteiger partial charge on any atom is 0.244 e. The van der Waals surface area contributed by atoms with Crippen LogP contribution in [-0.4, -0.2) is 31.7 Å². The molecule has 0 heterocycles. The second-order valence-electron chi connectivity index (χ2n) is 5.84. The molecule has 0 unspecified atom stereocenters. The lowest BCUT2D eigenvalue weighted by molar-refractivity contribution is -0.116. The Kier molecular flexibility index (Phi) is 7.27. The van der Waals surface area contributed by atoms with Crippen LogP contribution < -0.4 is 5.32 Å². The van der Waals surface area contributed by atoms with Crippen molar-refractivity contribution < 1.29 is 17.6 Å². The van der Waals surface area contributed by atoms with Gasteiger partial charge in [0.25, 0.3) is 0 Å². The predicted molar refractivity (Wildman–Crippen MR) is 104 cm³/mol. The third-order valence-electron chi connectivity index (χ3n) is 4.01. The van der Waals surface area contributed by atoms with Crippen LogP contribution in [0.2, 0.25) is 0 Å². The summed E-state index contributed by atoms with van der Waals surface area (Å²) in [6.45, 7) is 4.67. The molecule has 1 N–H and O–H groups in total. The van der Waals surface area contributed by atoms with E-state index in [0.29, 0.717) is 18.7 Å². The molecule has 0 aliphatic heterocycles. The van der Waals surface area contributed by atoms with Crippen LogP contribution in [0.15, 0.2) is 59.5 Å². The molecule has 0 aliphatic rings. The molecule has 0 spiro atoms. The van der Waals surface area contributed by atoms with E-state index in [4.69, 9.17) is 0 Å². The number of nitrogens with zero attached hydrogens (tertiary/aromatic N) is 1. The zero-order chi connectivity index (χ0) is 19.9. The molecule has 2 aromatic rings. The highest BCUT2D eigenvalue weighted by molar-refractivity contribution is 7.89. The smallest absolute Gasteiger partial charge is 0.244 e. The van der Waals surface area contributed by atoms with Crippen molar-refractivity contribution in [3.05, 3.63) is 71.6 Å². The Morgan fingerprint density at radius 1 is 1.11 bits per heavy atom. The number of rotatable bonds is 8. The van der Waals surface area contributed by atoms with Crippen molar-refractivity contribution in [2.45, 2.75) is 25.3 Å². The van der Waals surface area contributed by atoms with E-state index in [0.717, 1.165) is 5.56 Å². The van der Waals surface area contributed by atoms with Gasteiger partial charge in [-0.15, -0.1) is 0 Å². The molecule has 5 nitrogen and oxygen atoms in total. The van der Waals surface area contributed by atoms with Crippen LogP contribution in [0.3, 0.4) is 0 Å². The van der Waals surface area contributed by atoms with E-state index < -0.39 is 10.0 Å². The van der Waals surface area contributed by atoms with Gasteiger partial charge in [-0.3, -0.25) is 4.79 Å². The van der Waals surface area contributed by atoms with Crippen LogP contribution in [0.5, 0.6) is 0 Å². The molecule has 2 rings (SSSR count). The number of carbonyl (C=O) groups is 1. The van der Waals surface area contributed by atoms with Crippen LogP contribution in [0.25, 0.3) is 6.08 Å². The number of hydrogen-bond acceptors (Lipinski definition) is 3. The van der Waals surface area contributed by atoms with Gasteiger partial charge >= 0.3 is 0 Å². The summed E-state index contributed by atoms with van der Waals surface area (Å²) in [5, 5.41) is 2.71. The molecule has 2 aromatic carbocycles. The Balaban J connectivity index is 1.96. The summed E-state index contributed by atoms with van der Waals surface area (Å²) < 4.78 is 39.4. The Bertz CT molecular complexity index is 905. The van der Waals surface area contributed by atoms with Crippen molar-refractivity contribution in [1.29, 1.82) is 0 Å². The lowest BCUT2D eigenvalue weighted by Crippen LogP contribution is -2.30. The first kappa shape index (κ1) is 20.8. The molecule has 144 valence electrons. The van der Waals surface area contributed by atoms with E-state index in [1.807, 2.05) is 0 Å². The Morgan fingerprint density at radius 3 is 2.37 bits per heavy atom. The first-order valence-corrected chi connectivity index (χ1v) is 10.1. The highest BCUT2D eigenvalue weighted by Crippen LogP contribution is 2.16. The predicted octanol–water partition coefficient (Wildman–Crippen LogP) is 3.19. The fourth-order valence-electron chi connectivity index (χ4n) is 2.52. The van der Waals surface area contributed by atoms with E-state index in [9.17, 15) is 17.6 Å². The molecule has 0 bridgehead atoms. The van der Waals surface area contributed by atoms with Crippen LogP contribution in [0, 0.1) is 5.82 Å². The Labute approximate surface area is 159 Å². The lowest BCUT2D eigenvalue weighted by atomic mass is 10.2. The van der Waals surface area contributed by atoms with Gasteiger partial charge in [-0.25, -0.2) is 12.8 Å². The molecule has 0 aromatic heterocycles. The van der Waals surface area contributed by atoms with Crippen molar-refractivity contribution in [1.82, 2.24) is 9.62 Å². The molecule has 0 radical (unpaired) electrons. The van der Waals surface area contributed by atoms with Gasteiger partial charge in [0.15, 0.2) is 0 Å². The molecule has 27 heavy (non-hydrogen) atoms. The average Bonchev–Trinajstić information content (AvgIpc) is 2.66. The molecular weight excluding hydrogens is 367 g/mol. The van der Waals surface area contributed by atoms with E-state index >= 15 is 0 Å². The SMILES string of the molecule is CCN(CC)S(=O)(=O)c1ccc(CNC(=O)/C=C/c2cccc(F)c2)cc1. The van der Waals surface area contributed by atoms with Gasteiger partial charge in [-0.2, -0.15) is 4.31 Å². The lowest BCUT2D eigenvalue weighted by Gasteiger charge is -2.18. The molecule has 0 atom stereocenters. The molecule has 0 saturated carbocycles. The van der Waals surface area contributed by atoms with Gasteiger partial charge < -0.3 is 5.32 Å². The average molecular weight is 390 g/mol. The number of carbonyl (C=O) groups excluding carboxylic acids is 1. The largest absolute Gasteiger partial charge is 0.348 e. The summed E-state index contributed by atoms with van der Waals surface area (Å²) >= 11 is 0. The fraction of sp³-hybridized carbons (Fsp3) is 0.250. The Morgan fingerprint density at radius 2 is 1.78 bits per heavy atom. The zero-order valence-electron chi connectivity index (χ0n) is 15.4. The number of hydrogen-bond donors (Lipinski definition) is 1. The highest BCUT2D eigenvalue weighted by atomic mass is 32.2. The van der Waals surface area contributed by atoms with E-state index in [2.05, 4.69) is 5.32 Å². The second-order valence-corrected chi connectivity index (χ2v) is 7.78. The summed E-state index contributed by atoms with van der Waals surface area (Å²) in [7, 11) is -3.49. The number of amides is 1. The normalized spacial score (nSPS) is 11.9. The molecule has 0 fully saturated rings. The first-order chi connectivity index (χ1) is 12.9. The van der Waals surface area contributed by atoms with E-state index in [1.54, 1.807) is 38.1 Å². The monoisotopic (exact) mass is 390 g/mol. The van der Waals surface area contributed by atoms with Gasteiger partial charge in [0.2, 0.25) is 15.9 Å². The molecule has 1 amide bonds. The molecular formula is C20H23FN2O3S. The minimum atomic E-state index is -3.49. The minimum Gasteiger partial charge on any atom is -0.348 e. The zero-order valence-corrected chi connectivity index (χ0v) is 16.2. The number of benzene rings is 2. The van der Waals surface area contributed by atoms with Crippen LogP contribution in [-0.2, 0) is 21.4 Å². The first-order valence-electron chi connectivity index (χ1n) is 8.67. The Hall–Kier alpha value is -2.51. The number of nitrogens with one attached hydrogen (secondary N) is 1.